The van der Waals surface area contributed by atoms with Gasteiger partial charge in [-0.25, -0.2) is 0 Å². The summed E-state index contributed by atoms with van der Waals surface area (Å²) >= 11 is 0. The SMILES string of the molecule is CC(C)c1cc(-n2c3ccccc3c3ncccc32)c2cc3c4c(cc(-n5c6ccccc6c6ncccc65)c5ccc1c2c54)CCC3(C)C. The minimum Gasteiger partial charge on any atom is -0.307 e. The van der Waals surface area contributed by atoms with Gasteiger partial charge in [-0.05, 0) is 112 Å². The molecule has 0 N–H and O–H groups in total. The standard InChI is InChI=1S/C46H36N4/c1-26(2)32-25-40(50-36-14-8-6-12-31(36)45-38(50)16-10-22-48-45)33-24-34-41-27(19-20-46(34,3)4)23-39(29-18-17-28(32)42(33)43(29)41)49-35-13-7-5-11-30(35)44-37(49)15-9-21-47-44/h5-18,21-26H,19-20H2,1-4H3. The number of aromatic nitrogens is 4. The molecule has 0 aliphatic heterocycles. The van der Waals surface area contributed by atoms with Gasteiger partial charge in [0.1, 0.15) is 0 Å². The van der Waals surface area contributed by atoms with Crippen molar-refractivity contribution in [3.8, 4) is 11.4 Å². The Balaban J connectivity index is 1.39. The second kappa shape index (κ2) is 9.70. The van der Waals surface area contributed by atoms with Gasteiger partial charge in [0.05, 0.1) is 44.5 Å². The quantitative estimate of drug-likeness (QED) is 0.179. The first kappa shape index (κ1) is 28.1. The number of nitrogens with zero attached hydrogens (tertiary/aromatic N) is 4. The van der Waals surface area contributed by atoms with E-state index in [1.807, 2.05) is 12.4 Å². The molecule has 4 heteroatoms. The molecule has 50 heavy (non-hydrogen) atoms. The lowest BCUT2D eigenvalue weighted by atomic mass is 9.70. The van der Waals surface area contributed by atoms with Crippen LogP contribution in [0.4, 0.5) is 0 Å². The molecule has 4 aromatic heterocycles. The first-order valence-electron chi connectivity index (χ1n) is 17.9. The van der Waals surface area contributed by atoms with Gasteiger partial charge in [0.2, 0.25) is 0 Å². The zero-order chi connectivity index (χ0) is 33.5. The fourth-order valence-corrected chi connectivity index (χ4v) is 9.42. The summed E-state index contributed by atoms with van der Waals surface area (Å²) in [7, 11) is 0. The molecule has 0 atom stereocenters. The van der Waals surface area contributed by atoms with Gasteiger partial charge >= 0.3 is 0 Å². The highest BCUT2D eigenvalue weighted by molar-refractivity contribution is 6.29. The van der Waals surface area contributed by atoms with E-state index in [1.54, 1.807) is 0 Å². The van der Waals surface area contributed by atoms with Crippen LogP contribution in [0, 0.1) is 0 Å². The Morgan fingerprint density at radius 3 is 1.78 bits per heavy atom. The van der Waals surface area contributed by atoms with E-state index < -0.39 is 0 Å². The number of hydrogen-bond acceptors (Lipinski definition) is 2. The maximum Gasteiger partial charge on any atom is 0.0963 e. The Morgan fingerprint density at radius 2 is 1.14 bits per heavy atom. The summed E-state index contributed by atoms with van der Waals surface area (Å²) in [5.41, 5.74) is 13.6. The van der Waals surface area contributed by atoms with Crippen molar-refractivity contribution in [3.05, 3.63) is 132 Å². The van der Waals surface area contributed by atoms with Gasteiger partial charge < -0.3 is 9.13 Å². The smallest absolute Gasteiger partial charge is 0.0963 e. The number of fused-ring (bicyclic) bond motifs is 6. The molecule has 240 valence electrons. The summed E-state index contributed by atoms with van der Waals surface area (Å²) in [5.74, 6) is 0.343. The van der Waals surface area contributed by atoms with E-state index >= 15 is 0 Å². The average Bonchev–Trinajstić information content (AvgIpc) is 3.65. The third kappa shape index (κ3) is 3.51. The molecule has 6 aromatic carbocycles. The van der Waals surface area contributed by atoms with Crippen molar-refractivity contribution in [1.29, 1.82) is 0 Å². The van der Waals surface area contributed by atoms with Gasteiger partial charge in [-0.3, -0.25) is 9.97 Å². The summed E-state index contributed by atoms with van der Waals surface area (Å²) in [5, 5.41) is 10.6. The van der Waals surface area contributed by atoms with Crippen LogP contribution in [-0.4, -0.2) is 19.1 Å². The molecular weight excluding hydrogens is 609 g/mol. The van der Waals surface area contributed by atoms with Gasteiger partial charge in [0.15, 0.2) is 0 Å². The van der Waals surface area contributed by atoms with Crippen LogP contribution in [-0.2, 0) is 11.8 Å². The monoisotopic (exact) mass is 644 g/mol. The highest BCUT2D eigenvalue weighted by Crippen LogP contribution is 2.51. The fourth-order valence-electron chi connectivity index (χ4n) is 9.42. The highest BCUT2D eigenvalue weighted by atomic mass is 15.0. The van der Waals surface area contributed by atoms with Crippen LogP contribution in [0.1, 0.15) is 56.7 Å². The summed E-state index contributed by atoms with van der Waals surface area (Å²) in [4.78, 5) is 9.81. The van der Waals surface area contributed by atoms with Crippen molar-refractivity contribution < 1.29 is 0 Å². The maximum atomic E-state index is 4.91. The van der Waals surface area contributed by atoms with Crippen molar-refractivity contribution in [2.24, 2.45) is 0 Å². The molecule has 0 spiro atoms. The minimum absolute atomic E-state index is 0.0361. The molecule has 0 saturated carbocycles. The van der Waals surface area contributed by atoms with Crippen LogP contribution in [0.25, 0.3) is 87.6 Å². The predicted molar refractivity (Wildman–Crippen MR) is 210 cm³/mol. The normalized spacial score (nSPS) is 14.6. The number of aryl methyl sites for hydroxylation is 1. The Morgan fingerprint density at radius 1 is 0.560 bits per heavy atom. The van der Waals surface area contributed by atoms with Gasteiger partial charge in [0, 0.05) is 39.3 Å². The van der Waals surface area contributed by atoms with Crippen LogP contribution in [0.3, 0.4) is 0 Å². The average molecular weight is 645 g/mol. The van der Waals surface area contributed by atoms with E-state index in [1.165, 1.54) is 82.2 Å². The summed E-state index contributed by atoms with van der Waals surface area (Å²) in [6.07, 6.45) is 6.00. The summed E-state index contributed by atoms with van der Waals surface area (Å²) < 4.78 is 4.96. The van der Waals surface area contributed by atoms with E-state index in [9.17, 15) is 0 Å². The molecule has 0 unspecified atom stereocenters. The van der Waals surface area contributed by atoms with Crippen LogP contribution >= 0.6 is 0 Å². The Kier molecular flexibility index (Phi) is 5.46. The molecule has 0 radical (unpaired) electrons. The predicted octanol–water partition coefficient (Wildman–Crippen LogP) is 11.9. The topological polar surface area (TPSA) is 35.6 Å². The van der Waals surface area contributed by atoms with Crippen molar-refractivity contribution in [2.75, 3.05) is 0 Å². The fraction of sp³-hybridized carbons (Fsp3) is 0.174. The van der Waals surface area contributed by atoms with E-state index in [-0.39, 0.29) is 5.41 Å². The molecule has 0 bridgehead atoms. The second-order valence-electron chi connectivity index (χ2n) is 15.3. The highest BCUT2D eigenvalue weighted by Gasteiger charge is 2.33. The number of benzene rings is 6. The van der Waals surface area contributed by atoms with E-state index in [2.05, 4.69) is 140 Å². The molecule has 1 aliphatic rings. The van der Waals surface area contributed by atoms with Crippen LogP contribution in [0.5, 0.6) is 0 Å². The number of pyridine rings is 2. The van der Waals surface area contributed by atoms with Gasteiger partial charge in [-0.2, -0.15) is 0 Å². The number of hydrogen-bond donors (Lipinski definition) is 0. The van der Waals surface area contributed by atoms with Crippen LogP contribution in [0.2, 0.25) is 0 Å². The molecule has 0 amide bonds. The summed E-state index contributed by atoms with van der Waals surface area (Å²) in [6.45, 7) is 9.56. The second-order valence-corrected chi connectivity index (χ2v) is 15.3. The Labute approximate surface area is 289 Å². The molecular formula is C46H36N4. The molecule has 11 rings (SSSR count). The molecule has 4 heterocycles. The molecule has 0 saturated heterocycles. The molecule has 10 aromatic rings. The first-order chi connectivity index (χ1) is 24.4. The zero-order valence-electron chi connectivity index (χ0n) is 28.8. The van der Waals surface area contributed by atoms with E-state index in [0.717, 1.165) is 34.9 Å². The van der Waals surface area contributed by atoms with Crippen LogP contribution in [0.15, 0.2) is 116 Å². The maximum absolute atomic E-state index is 4.91. The van der Waals surface area contributed by atoms with Crippen molar-refractivity contribution in [1.82, 2.24) is 19.1 Å². The van der Waals surface area contributed by atoms with Gasteiger partial charge in [-0.1, -0.05) is 76.2 Å². The third-order valence-electron chi connectivity index (χ3n) is 11.8. The molecule has 4 nitrogen and oxygen atoms in total. The lowest BCUT2D eigenvalue weighted by Crippen LogP contribution is -2.23. The van der Waals surface area contributed by atoms with Crippen molar-refractivity contribution in [3.63, 3.8) is 0 Å². The zero-order valence-corrected chi connectivity index (χ0v) is 28.8. The van der Waals surface area contributed by atoms with Crippen molar-refractivity contribution >= 4 is 76.2 Å². The van der Waals surface area contributed by atoms with E-state index in [4.69, 9.17) is 9.97 Å². The summed E-state index contributed by atoms with van der Waals surface area (Å²) in [6, 6.07) is 38.5. The molecule has 0 fully saturated rings. The van der Waals surface area contributed by atoms with Gasteiger partial charge in [0.25, 0.3) is 0 Å². The minimum atomic E-state index is 0.0361. The third-order valence-corrected chi connectivity index (χ3v) is 11.8. The Bertz CT molecular complexity index is 2940. The van der Waals surface area contributed by atoms with Crippen LogP contribution < -0.4 is 0 Å². The Hall–Kier alpha value is -5.74. The van der Waals surface area contributed by atoms with E-state index in [0.29, 0.717) is 5.92 Å². The first-order valence-corrected chi connectivity index (χ1v) is 17.9. The number of para-hydroxylation sites is 2. The lowest BCUT2D eigenvalue weighted by molar-refractivity contribution is 0.475. The number of rotatable bonds is 3. The lowest BCUT2D eigenvalue weighted by Gasteiger charge is -2.35. The van der Waals surface area contributed by atoms with Gasteiger partial charge in [-0.15, -0.1) is 0 Å². The molecule has 1 aliphatic carbocycles. The van der Waals surface area contributed by atoms with Crippen molar-refractivity contribution in [2.45, 2.75) is 51.9 Å². The largest absolute Gasteiger partial charge is 0.307 e.